The zero-order chi connectivity index (χ0) is 15.5. The Hall–Kier alpha value is -1.59. The van der Waals surface area contributed by atoms with Gasteiger partial charge in [-0.2, -0.15) is 0 Å². The maximum Gasteiger partial charge on any atom is 0.319 e. The summed E-state index contributed by atoms with van der Waals surface area (Å²) in [6.07, 6.45) is 0. The van der Waals surface area contributed by atoms with Gasteiger partial charge in [0, 0.05) is 20.1 Å². The highest BCUT2D eigenvalue weighted by Crippen LogP contribution is 2.29. The topological polar surface area (TPSA) is 66.9 Å². The molecular weight excluding hydrogens is 260 g/mol. The second-order valence-electron chi connectivity index (χ2n) is 6.13. The van der Waals surface area contributed by atoms with Crippen LogP contribution in [0, 0.1) is 11.3 Å². The van der Waals surface area contributed by atoms with Crippen LogP contribution in [0.15, 0.2) is 0 Å². The van der Waals surface area contributed by atoms with Gasteiger partial charge in [-0.3, -0.25) is 14.4 Å². The summed E-state index contributed by atoms with van der Waals surface area (Å²) in [5.74, 6) is -1.83. The summed E-state index contributed by atoms with van der Waals surface area (Å²) < 4.78 is 5.01. The fraction of sp³-hybridized carbons (Fsp3) is 0.786. The quantitative estimate of drug-likeness (QED) is 0.559. The van der Waals surface area contributed by atoms with Crippen molar-refractivity contribution in [2.24, 2.45) is 11.3 Å². The normalized spacial score (nSPS) is 17.9. The molecule has 0 aromatic heterocycles. The van der Waals surface area contributed by atoms with Gasteiger partial charge in [-0.25, -0.2) is 0 Å². The number of esters is 1. The number of nitrogens with zero attached hydrogens (tertiary/aromatic N) is 2. The molecule has 0 bridgehead atoms. The molecule has 1 heterocycles. The van der Waals surface area contributed by atoms with E-state index in [0.29, 0.717) is 13.1 Å². The molecule has 1 rings (SSSR count). The number of amides is 2. The van der Waals surface area contributed by atoms with E-state index in [2.05, 4.69) is 0 Å². The minimum absolute atomic E-state index is 0.0291. The lowest BCUT2D eigenvalue weighted by Gasteiger charge is -2.36. The summed E-state index contributed by atoms with van der Waals surface area (Å²) in [6.45, 7) is 8.39. The van der Waals surface area contributed by atoms with Crippen molar-refractivity contribution < 1.29 is 19.1 Å². The first-order valence-electron chi connectivity index (χ1n) is 6.87. The lowest BCUT2D eigenvalue weighted by atomic mass is 9.79. The molecule has 1 saturated heterocycles. The molecule has 1 unspecified atom stereocenters. The molecule has 0 aromatic rings. The molecule has 0 saturated carbocycles. The first-order chi connectivity index (χ1) is 9.18. The second kappa shape index (κ2) is 6.24. The summed E-state index contributed by atoms with van der Waals surface area (Å²) in [6, 6.07) is 0. The molecule has 2 amide bonds. The van der Waals surface area contributed by atoms with E-state index >= 15 is 0 Å². The average molecular weight is 284 g/mol. The van der Waals surface area contributed by atoms with Crippen molar-refractivity contribution in [1.82, 2.24) is 9.80 Å². The number of hydrogen-bond acceptors (Lipinski definition) is 4. The van der Waals surface area contributed by atoms with Gasteiger partial charge in [0.25, 0.3) is 0 Å². The number of likely N-dealkylation sites (N-methyl/N-ethyl adjacent to an activating group) is 1. The van der Waals surface area contributed by atoms with Gasteiger partial charge in [0.15, 0.2) is 0 Å². The van der Waals surface area contributed by atoms with E-state index in [9.17, 15) is 14.4 Å². The molecule has 6 heteroatoms. The van der Waals surface area contributed by atoms with E-state index in [0.717, 1.165) is 0 Å². The molecule has 0 aromatic carbocycles. The summed E-state index contributed by atoms with van der Waals surface area (Å²) in [5, 5.41) is 0. The number of rotatable bonds is 3. The Labute approximate surface area is 120 Å². The van der Waals surface area contributed by atoms with E-state index in [1.807, 2.05) is 20.8 Å². The Kier molecular flexibility index (Phi) is 5.14. The van der Waals surface area contributed by atoms with Crippen LogP contribution >= 0.6 is 0 Å². The van der Waals surface area contributed by atoms with Crippen LogP contribution in [0.3, 0.4) is 0 Å². The second-order valence-corrected chi connectivity index (χ2v) is 6.13. The third-order valence-corrected chi connectivity index (χ3v) is 3.40. The van der Waals surface area contributed by atoms with Gasteiger partial charge < -0.3 is 14.5 Å². The summed E-state index contributed by atoms with van der Waals surface area (Å²) in [5.41, 5.74) is -0.546. The van der Waals surface area contributed by atoms with Gasteiger partial charge in [-0.15, -0.1) is 0 Å². The third kappa shape index (κ3) is 3.71. The third-order valence-electron chi connectivity index (χ3n) is 3.40. The van der Waals surface area contributed by atoms with Crippen molar-refractivity contribution in [3.63, 3.8) is 0 Å². The van der Waals surface area contributed by atoms with Crippen LogP contribution in [0.5, 0.6) is 0 Å². The molecular formula is C14H24N2O4. The molecule has 1 aliphatic rings. The number of piperazine rings is 1. The molecule has 114 valence electrons. The van der Waals surface area contributed by atoms with E-state index < -0.39 is 17.3 Å². The number of ether oxygens (including phenoxy) is 1. The van der Waals surface area contributed by atoms with Crippen molar-refractivity contribution >= 4 is 17.8 Å². The summed E-state index contributed by atoms with van der Waals surface area (Å²) >= 11 is 0. The zero-order valence-corrected chi connectivity index (χ0v) is 12.9. The minimum Gasteiger partial charge on any atom is -0.465 e. The van der Waals surface area contributed by atoms with Crippen molar-refractivity contribution in [3.05, 3.63) is 0 Å². The lowest BCUT2D eigenvalue weighted by Crippen LogP contribution is -2.54. The van der Waals surface area contributed by atoms with Crippen LogP contribution in [0.4, 0.5) is 0 Å². The Morgan fingerprint density at radius 2 is 1.90 bits per heavy atom. The molecule has 1 fully saturated rings. The number of carbonyl (C=O) groups excluding carboxylic acids is 3. The van der Waals surface area contributed by atoms with Crippen LogP contribution in [0.25, 0.3) is 0 Å². The molecule has 0 aliphatic carbocycles. The highest BCUT2D eigenvalue weighted by atomic mass is 16.5. The molecule has 0 N–H and O–H groups in total. The van der Waals surface area contributed by atoms with Gasteiger partial charge in [-0.05, 0) is 12.3 Å². The number of carbonyl (C=O) groups is 3. The van der Waals surface area contributed by atoms with Crippen LogP contribution in [-0.2, 0) is 19.1 Å². The fourth-order valence-corrected chi connectivity index (χ4v) is 2.18. The Bertz CT molecular complexity index is 400. The maximum absolute atomic E-state index is 12.6. The maximum atomic E-state index is 12.6. The smallest absolute Gasteiger partial charge is 0.319 e. The van der Waals surface area contributed by atoms with Crippen LogP contribution in [-0.4, -0.2) is 60.9 Å². The highest BCUT2D eigenvalue weighted by Gasteiger charge is 2.42. The van der Waals surface area contributed by atoms with E-state index in [-0.39, 0.29) is 25.0 Å². The monoisotopic (exact) mass is 284 g/mol. The Balaban J connectivity index is 2.89. The molecule has 6 nitrogen and oxygen atoms in total. The minimum atomic E-state index is -0.876. The highest BCUT2D eigenvalue weighted by molar-refractivity contribution is 6.00. The predicted octanol–water partition coefficient (Wildman–Crippen LogP) is 0.512. The van der Waals surface area contributed by atoms with Crippen LogP contribution < -0.4 is 0 Å². The Morgan fingerprint density at radius 1 is 1.30 bits per heavy atom. The SMILES string of the molecule is CCOC(=O)C(C(=O)N1CCN(C)C(=O)C1)C(C)(C)C. The fourth-order valence-electron chi connectivity index (χ4n) is 2.18. The van der Waals surface area contributed by atoms with E-state index in [4.69, 9.17) is 4.74 Å². The van der Waals surface area contributed by atoms with Gasteiger partial charge in [0.2, 0.25) is 11.8 Å². The Morgan fingerprint density at radius 3 is 2.35 bits per heavy atom. The standard InChI is InChI=1S/C14H24N2O4/c1-6-20-13(19)11(14(2,3)4)12(18)16-8-7-15(5)10(17)9-16/h11H,6-9H2,1-5H3. The average Bonchev–Trinajstić information content (AvgIpc) is 2.31. The summed E-state index contributed by atoms with van der Waals surface area (Å²) in [4.78, 5) is 39.4. The molecule has 20 heavy (non-hydrogen) atoms. The zero-order valence-electron chi connectivity index (χ0n) is 12.9. The van der Waals surface area contributed by atoms with Gasteiger partial charge in [-0.1, -0.05) is 20.8 Å². The first kappa shape index (κ1) is 16.5. The number of hydrogen-bond donors (Lipinski definition) is 0. The lowest BCUT2D eigenvalue weighted by molar-refractivity contribution is -0.163. The molecule has 0 radical (unpaired) electrons. The van der Waals surface area contributed by atoms with Crippen molar-refractivity contribution in [2.75, 3.05) is 33.3 Å². The molecule has 1 aliphatic heterocycles. The van der Waals surface area contributed by atoms with Crippen LogP contribution in [0.2, 0.25) is 0 Å². The molecule has 1 atom stereocenters. The van der Waals surface area contributed by atoms with Crippen molar-refractivity contribution in [2.45, 2.75) is 27.7 Å². The predicted molar refractivity (Wildman–Crippen MR) is 73.8 cm³/mol. The van der Waals surface area contributed by atoms with E-state index in [1.54, 1.807) is 18.9 Å². The van der Waals surface area contributed by atoms with Gasteiger partial charge in [0.05, 0.1) is 13.2 Å². The first-order valence-corrected chi connectivity index (χ1v) is 6.87. The van der Waals surface area contributed by atoms with Gasteiger partial charge >= 0.3 is 5.97 Å². The summed E-state index contributed by atoms with van der Waals surface area (Å²) in [7, 11) is 1.71. The molecule has 0 spiro atoms. The van der Waals surface area contributed by atoms with Crippen LogP contribution in [0.1, 0.15) is 27.7 Å². The van der Waals surface area contributed by atoms with E-state index in [1.165, 1.54) is 4.90 Å². The van der Waals surface area contributed by atoms with Gasteiger partial charge in [0.1, 0.15) is 5.92 Å². The largest absolute Gasteiger partial charge is 0.465 e. The van der Waals surface area contributed by atoms with Crippen molar-refractivity contribution in [3.8, 4) is 0 Å². The van der Waals surface area contributed by atoms with Crippen molar-refractivity contribution in [1.29, 1.82) is 0 Å².